The van der Waals surface area contributed by atoms with Crippen LogP contribution in [-0.2, 0) is 19.1 Å². The van der Waals surface area contributed by atoms with E-state index in [9.17, 15) is 19.2 Å². The number of rotatable bonds is 9. The van der Waals surface area contributed by atoms with Gasteiger partial charge in [0.1, 0.15) is 29.4 Å². The highest BCUT2D eigenvalue weighted by atomic mass is 16.5. The zero-order chi connectivity index (χ0) is 39.8. The van der Waals surface area contributed by atoms with Gasteiger partial charge in [0, 0.05) is 23.7 Å². The first-order valence-electron chi connectivity index (χ1n) is 19.3. The Hall–Kier alpha value is -5.84. The van der Waals surface area contributed by atoms with Gasteiger partial charge in [-0.05, 0) is 77.8 Å². The predicted molar refractivity (Wildman–Crippen MR) is 209 cm³/mol. The Bertz CT molecular complexity index is 2200. The summed E-state index contributed by atoms with van der Waals surface area (Å²) in [4.78, 5) is 71.3. The summed E-state index contributed by atoms with van der Waals surface area (Å²) in [6.45, 7) is 10.3. The molecule has 3 fully saturated rings. The van der Waals surface area contributed by atoms with Gasteiger partial charge < -0.3 is 39.9 Å². The number of hydrogen-bond acceptors (Lipinski definition) is 8. The highest BCUT2D eigenvalue weighted by Gasteiger charge is 2.56. The Balaban J connectivity index is 1.04. The van der Waals surface area contributed by atoms with Crippen molar-refractivity contribution in [3.63, 3.8) is 0 Å². The maximum Gasteiger partial charge on any atom is 0.407 e. The van der Waals surface area contributed by atoms with Gasteiger partial charge in [0.05, 0.1) is 44.4 Å². The van der Waals surface area contributed by atoms with E-state index in [0.717, 1.165) is 52.7 Å². The summed E-state index contributed by atoms with van der Waals surface area (Å²) < 4.78 is 9.55. The predicted octanol–water partition coefficient (Wildman–Crippen LogP) is 5.69. The number of aromatic amines is 2. The fraction of sp³-hybridized carbons (Fsp3) is 0.476. The minimum Gasteiger partial charge on any atom is -0.453 e. The molecule has 4 N–H and O–H groups in total. The van der Waals surface area contributed by atoms with Crippen LogP contribution in [0.4, 0.5) is 9.59 Å². The van der Waals surface area contributed by atoms with Crippen LogP contribution in [0.25, 0.3) is 22.0 Å². The molecule has 1 aliphatic carbocycles. The van der Waals surface area contributed by atoms with E-state index < -0.39 is 24.3 Å². The van der Waals surface area contributed by atoms with Gasteiger partial charge in [0.2, 0.25) is 11.8 Å². The molecule has 0 unspecified atom stereocenters. The molecule has 1 saturated carbocycles. The number of methoxy groups -OCH3 is 2. The summed E-state index contributed by atoms with van der Waals surface area (Å²) >= 11 is 0. The number of benzene rings is 2. The summed E-state index contributed by atoms with van der Waals surface area (Å²) in [6.07, 6.45) is 4.81. The number of imidazole rings is 2. The first-order chi connectivity index (χ1) is 26.8. The number of piperidine rings is 1. The minimum absolute atomic E-state index is 0.104. The van der Waals surface area contributed by atoms with E-state index in [1.54, 1.807) is 11.1 Å². The van der Waals surface area contributed by atoms with Crippen molar-refractivity contribution >= 4 is 34.8 Å². The van der Waals surface area contributed by atoms with Crippen LogP contribution in [0, 0.1) is 35.5 Å². The highest BCUT2D eigenvalue weighted by Crippen LogP contribution is 2.53. The molecule has 0 spiro atoms. The largest absolute Gasteiger partial charge is 0.453 e. The molecule has 7 rings (SSSR count). The molecule has 7 atom stereocenters. The van der Waals surface area contributed by atoms with Crippen molar-refractivity contribution in [1.82, 2.24) is 40.4 Å². The lowest BCUT2D eigenvalue weighted by atomic mass is 10.0. The second-order valence-electron chi connectivity index (χ2n) is 16.0. The number of fused-ring (bicyclic) bond motifs is 2. The molecule has 14 heteroatoms. The van der Waals surface area contributed by atoms with Crippen LogP contribution in [0.5, 0.6) is 0 Å². The Morgan fingerprint density at radius 2 is 1.43 bits per heavy atom. The number of nitrogens with one attached hydrogen (secondary N) is 4. The number of nitrogens with zero attached hydrogens (tertiary/aromatic N) is 4. The maximum absolute atomic E-state index is 13.8. The molecular weight excluding hydrogens is 713 g/mol. The average molecular weight is 763 g/mol. The van der Waals surface area contributed by atoms with Crippen molar-refractivity contribution in [2.45, 2.75) is 84.1 Å². The van der Waals surface area contributed by atoms with E-state index in [4.69, 9.17) is 14.5 Å². The molecule has 4 amide bonds. The fourth-order valence-electron chi connectivity index (χ4n) is 8.16. The van der Waals surface area contributed by atoms with Gasteiger partial charge in [-0.2, -0.15) is 0 Å². The monoisotopic (exact) mass is 762 g/mol. The Morgan fingerprint density at radius 3 is 2.12 bits per heavy atom. The van der Waals surface area contributed by atoms with Crippen molar-refractivity contribution in [1.29, 1.82) is 0 Å². The summed E-state index contributed by atoms with van der Waals surface area (Å²) in [7, 11) is 2.58. The summed E-state index contributed by atoms with van der Waals surface area (Å²) in [6, 6.07) is 10.6. The van der Waals surface area contributed by atoms with Crippen LogP contribution in [0.15, 0.2) is 48.8 Å². The van der Waals surface area contributed by atoms with E-state index in [2.05, 4.69) is 56.5 Å². The number of amides is 4. The first kappa shape index (κ1) is 38.4. The fourth-order valence-corrected chi connectivity index (χ4v) is 8.16. The van der Waals surface area contributed by atoms with Gasteiger partial charge in [0.25, 0.3) is 0 Å². The molecule has 0 bridgehead atoms. The summed E-state index contributed by atoms with van der Waals surface area (Å²) in [5.41, 5.74) is 3.32. The van der Waals surface area contributed by atoms with Crippen molar-refractivity contribution in [3.05, 3.63) is 71.7 Å². The van der Waals surface area contributed by atoms with E-state index in [0.29, 0.717) is 24.0 Å². The number of aromatic nitrogens is 4. The van der Waals surface area contributed by atoms with E-state index in [-0.39, 0.29) is 47.7 Å². The standard InChI is InChI=1S/C42H50N8O6/c1-22(2)35(47-41(53)55-6)39(51)49-21-24(5)14-33(49)37-43-19-30(45-37)13-9-25-8-10-27-16-28(12-11-26(27)15-25)31-20-44-38(46-31)34-18-29-17-32(29)50(34)40(52)36(23(3)4)48-42(54)56-7/h8,10-12,15-16,19-20,22-24,29,32-36H,14,17-18,21H2,1-7H3,(H,43,45)(H,44,46)(H,47,53)(H,48,54)/t24-,29-,32-,33+,34+,35+,36+/m1/s1. The smallest absolute Gasteiger partial charge is 0.407 e. The third-order valence-electron chi connectivity index (χ3n) is 11.3. The molecule has 2 aliphatic heterocycles. The Labute approximate surface area is 326 Å². The number of H-pyrrole nitrogens is 2. The normalized spacial score (nSPS) is 22.3. The molecule has 4 aromatic rings. The second-order valence-corrected chi connectivity index (χ2v) is 16.0. The molecule has 2 saturated heterocycles. The number of carbonyl (C=O) groups is 4. The lowest BCUT2D eigenvalue weighted by Gasteiger charge is -2.31. The van der Waals surface area contributed by atoms with Crippen LogP contribution in [0.1, 0.15) is 88.9 Å². The number of alkyl carbamates (subject to hydrolysis) is 2. The summed E-state index contributed by atoms with van der Waals surface area (Å²) in [5.74, 6) is 8.06. The molecule has 3 aliphatic rings. The minimum atomic E-state index is -0.710. The van der Waals surface area contributed by atoms with Crippen LogP contribution in [-0.4, -0.2) is 92.6 Å². The number of likely N-dealkylation sites (tertiary alicyclic amines) is 2. The zero-order valence-corrected chi connectivity index (χ0v) is 32.9. The van der Waals surface area contributed by atoms with Gasteiger partial charge in [0.15, 0.2) is 0 Å². The lowest BCUT2D eigenvalue weighted by Crippen LogP contribution is -2.52. The molecule has 56 heavy (non-hydrogen) atoms. The molecule has 2 aromatic carbocycles. The molecule has 0 radical (unpaired) electrons. The van der Waals surface area contributed by atoms with E-state index in [1.807, 2.05) is 63.1 Å². The van der Waals surface area contributed by atoms with Crippen molar-refractivity contribution in [2.24, 2.45) is 23.7 Å². The summed E-state index contributed by atoms with van der Waals surface area (Å²) in [5, 5.41) is 7.50. The Morgan fingerprint density at radius 1 is 0.786 bits per heavy atom. The van der Waals surface area contributed by atoms with Crippen LogP contribution >= 0.6 is 0 Å². The van der Waals surface area contributed by atoms with Gasteiger partial charge in [-0.3, -0.25) is 9.59 Å². The van der Waals surface area contributed by atoms with Crippen molar-refractivity contribution in [2.75, 3.05) is 20.8 Å². The molecule has 14 nitrogen and oxygen atoms in total. The quantitative estimate of drug-likeness (QED) is 0.158. The zero-order valence-electron chi connectivity index (χ0n) is 32.9. The van der Waals surface area contributed by atoms with Crippen molar-refractivity contribution < 1.29 is 28.7 Å². The second kappa shape index (κ2) is 15.7. The van der Waals surface area contributed by atoms with E-state index >= 15 is 0 Å². The number of ether oxygens (including phenoxy) is 2. The molecule has 2 aromatic heterocycles. The molecular formula is C42H50N8O6. The van der Waals surface area contributed by atoms with Crippen LogP contribution < -0.4 is 10.6 Å². The highest BCUT2D eigenvalue weighted by molar-refractivity contribution is 5.89. The van der Waals surface area contributed by atoms with Gasteiger partial charge >= 0.3 is 12.2 Å². The van der Waals surface area contributed by atoms with Crippen LogP contribution in [0.3, 0.4) is 0 Å². The molecule has 294 valence electrons. The van der Waals surface area contributed by atoms with Crippen LogP contribution in [0.2, 0.25) is 0 Å². The van der Waals surface area contributed by atoms with Gasteiger partial charge in [-0.25, -0.2) is 19.6 Å². The van der Waals surface area contributed by atoms with E-state index in [1.165, 1.54) is 14.2 Å². The first-order valence-corrected chi connectivity index (χ1v) is 19.3. The number of hydrogen-bond donors (Lipinski definition) is 4. The third kappa shape index (κ3) is 7.80. The van der Waals surface area contributed by atoms with Gasteiger partial charge in [-0.15, -0.1) is 0 Å². The average Bonchev–Trinajstić information content (AvgIpc) is 3.66. The maximum atomic E-state index is 13.8. The lowest BCUT2D eigenvalue weighted by molar-refractivity contribution is -0.137. The number of carbonyl (C=O) groups excluding carboxylic acids is 4. The molecule has 4 heterocycles. The third-order valence-corrected chi connectivity index (χ3v) is 11.3. The topological polar surface area (TPSA) is 175 Å². The van der Waals surface area contributed by atoms with Crippen molar-refractivity contribution in [3.8, 4) is 23.1 Å². The van der Waals surface area contributed by atoms with Gasteiger partial charge in [-0.1, -0.05) is 58.7 Å². The SMILES string of the molecule is COC(=O)N[C@H](C(=O)N1C[C@H](C)C[C@H]1c1ncc(C#Cc2ccc3cc(-c4cnc([C@@H]5C[C@H]6C[C@H]6N5C(=O)[C@@H](NC(=O)OC)C(C)C)[nH]4)ccc3c2)[nH]1)C(C)C. The Kier molecular flexibility index (Phi) is 10.8.